The Bertz CT molecular complexity index is 551. The summed E-state index contributed by atoms with van der Waals surface area (Å²) in [6, 6.07) is 3.39. The second-order valence-electron chi connectivity index (χ2n) is 8.08. The third-order valence-corrected chi connectivity index (χ3v) is 3.93. The largest absolute Gasteiger partial charge is 0.544 e. The first-order chi connectivity index (χ1) is 9.84. The van der Waals surface area contributed by atoms with Gasteiger partial charge < -0.3 is 20.3 Å². The molecule has 0 aliphatic rings. The second kappa shape index (κ2) is 6.29. The van der Waals surface area contributed by atoms with Gasteiger partial charge in [-0.2, -0.15) is 0 Å². The van der Waals surface area contributed by atoms with Gasteiger partial charge >= 0.3 is 0 Å². The lowest BCUT2D eigenvalue weighted by molar-refractivity contribution is -0.695. The Morgan fingerprint density at radius 3 is 2.14 bits per heavy atom. The minimum Gasteiger partial charge on any atom is -0.544 e. The van der Waals surface area contributed by atoms with Crippen LogP contribution >= 0.6 is 0 Å². The Labute approximate surface area is 133 Å². The van der Waals surface area contributed by atoms with Crippen molar-refractivity contribution in [2.45, 2.75) is 71.9 Å². The van der Waals surface area contributed by atoms with Crippen LogP contribution in [0.5, 0.6) is 5.75 Å². The molecule has 0 heterocycles. The number of carbonyl (C=O) groups is 1. The van der Waals surface area contributed by atoms with Crippen molar-refractivity contribution in [3.05, 3.63) is 28.8 Å². The van der Waals surface area contributed by atoms with Gasteiger partial charge in [-0.3, -0.25) is 0 Å². The lowest BCUT2D eigenvalue weighted by atomic mass is 9.79. The van der Waals surface area contributed by atoms with E-state index in [4.69, 9.17) is 0 Å². The van der Waals surface area contributed by atoms with Gasteiger partial charge in [-0.1, -0.05) is 47.6 Å². The van der Waals surface area contributed by atoms with E-state index in [9.17, 15) is 15.0 Å². The summed E-state index contributed by atoms with van der Waals surface area (Å²) in [7, 11) is 0. The molecule has 4 heteroatoms. The van der Waals surface area contributed by atoms with E-state index >= 15 is 0 Å². The average Bonchev–Trinajstić information content (AvgIpc) is 2.33. The van der Waals surface area contributed by atoms with Gasteiger partial charge in [0, 0.05) is 11.1 Å². The van der Waals surface area contributed by atoms with Crippen LogP contribution in [-0.2, 0) is 22.2 Å². The van der Waals surface area contributed by atoms with Crippen LogP contribution in [0.2, 0.25) is 0 Å². The number of hydrogen-bond acceptors (Lipinski definition) is 3. The fourth-order valence-corrected chi connectivity index (χ4v) is 2.25. The number of quaternary nitrogens is 1. The number of carbonyl (C=O) groups excluding carboxylic acids is 1. The van der Waals surface area contributed by atoms with Gasteiger partial charge in [-0.15, -0.1) is 0 Å². The maximum Gasteiger partial charge on any atom is 0.128 e. The summed E-state index contributed by atoms with van der Waals surface area (Å²) in [6.07, 6.45) is 0. The first kappa shape index (κ1) is 18.5. The number of benzene rings is 1. The van der Waals surface area contributed by atoms with Gasteiger partial charge in [-0.05, 0) is 29.4 Å². The van der Waals surface area contributed by atoms with Gasteiger partial charge in [0.05, 0.1) is 5.97 Å². The Kier molecular flexibility index (Phi) is 5.29. The summed E-state index contributed by atoms with van der Waals surface area (Å²) in [5, 5.41) is 23.1. The molecule has 124 valence electrons. The summed E-state index contributed by atoms with van der Waals surface area (Å²) in [5.41, 5.74) is 2.58. The number of nitrogens with two attached hydrogens (primary N) is 1. The van der Waals surface area contributed by atoms with Crippen molar-refractivity contribution in [3.8, 4) is 5.75 Å². The molecule has 0 aliphatic carbocycles. The van der Waals surface area contributed by atoms with E-state index in [1.165, 1.54) is 0 Å². The van der Waals surface area contributed by atoms with Crippen LogP contribution in [0.4, 0.5) is 0 Å². The van der Waals surface area contributed by atoms with Crippen LogP contribution in [0.15, 0.2) is 12.1 Å². The number of aliphatic carboxylic acids is 1. The molecule has 0 unspecified atom stereocenters. The molecule has 1 aromatic carbocycles. The highest BCUT2D eigenvalue weighted by Gasteiger charge is 2.25. The first-order valence-electron chi connectivity index (χ1n) is 7.75. The highest BCUT2D eigenvalue weighted by molar-refractivity contribution is 5.68. The van der Waals surface area contributed by atoms with E-state index in [0.29, 0.717) is 6.54 Å². The molecule has 0 saturated heterocycles. The normalized spacial score (nSPS) is 14.0. The molecule has 1 aromatic rings. The standard InChI is InChI=1S/C18H29NO3/c1-11(16(21)22)19-10-12-8-13(17(2,3)4)9-14(15(12)20)18(5,6)7/h8-9,11,19-20H,10H2,1-7H3,(H,21,22)/t11-/m1/s1. The van der Waals surface area contributed by atoms with Crippen molar-refractivity contribution < 1.29 is 20.3 Å². The fraction of sp³-hybridized carbons (Fsp3) is 0.611. The van der Waals surface area contributed by atoms with E-state index in [-0.39, 0.29) is 16.6 Å². The Morgan fingerprint density at radius 1 is 1.18 bits per heavy atom. The molecule has 22 heavy (non-hydrogen) atoms. The minimum absolute atomic E-state index is 0.0393. The SMILES string of the molecule is C[C@@H]([NH2+]Cc1cc(C(C)(C)C)cc(C(C)(C)C)c1O)C(=O)[O-]. The van der Waals surface area contributed by atoms with Crippen LogP contribution in [0.25, 0.3) is 0 Å². The van der Waals surface area contributed by atoms with Crippen molar-refractivity contribution in [3.63, 3.8) is 0 Å². The van der Waals surface area contributed by atoms with Crippen molar-refractivity contribution in [1.29, 1.82) is 0 Å². The minimum atomic E-state index is -1.09. The molecule has 0 bridgehead atoms. The van der Waals surface area contributed by atoms with Crippen molar-refractivity contribution in [2.24, 2.45) is 0 Å². The molecular formula is C18H29NO3. The van der Waals surface area contributed by atoms with E-state index < -0.39 is 12.0 Å². The lowest BCUT2D eigenvalue weighted by Gasteiger charge is -2.27. The Hall–Kier alpha value is -1.55. The number of carboxylic acids is 1. The summed E-state index contributed by atoms with van der Waals surface area (Å²) < 4.78 is 0. The van der Waals surface area contributed by atoms with Gasteiger partial charge in [0.25, 0.3) is 0 Å². The lowest BCUT2D eigenvalue weighted by Crippen LogP contribution is -2.90. The molecule has 0 radical (unpaired) electrons. The smallest absolute Gasteiger partial charge is 0.128 e. The molecule has 0 fully saturated rings. The molecule has 0 saturated carbocycles. The highest BCUT2D eigenvalue weighted by Crippen LogP contribution is 2.37. The predicted octanol–water partition coefficient (Wildman–Crippen LogP) is 1.19. The van der Waals surface area contributed by atoms with Gasteiger partial charge in [0.2, 0.25) is 0 Å². The van der Waals surface area contributed by atoms with Crippen molar-refractivity contribution in [1.82, 2.24) is 0 Å². The van der Waals surface area contributed by atoms with E-state index in [2.05, 4.69) is 47.6 Å². The molecule has 4 nitrogen and oxygen atoms in total. The Morgan fingerprint density at radius 2 is 1.73 bits per heavy atom. The number of carboxylic acid groups (broad SMARTS) is 1. The topological polar surface area (TPSA) is 77.0 Å². The second-order valence-corrected chi connectivity index (χ2v) is 8.08. The Balaban J connectivity index is 3.28. The highest BCUT2D eigenvalue weighted by atomic mass is 16.4. The molecule has 3 N–H and O–H groups in total. The maximum absolute atomic E-state index is 10.9. The molecule has 0 spiro atoms. The van der Waals surface area contributed by atoms with Crippen LogP contribution in [0.1, 0.15) is 65.2 Å². The summed E-state index contributed by atoms with van der Waals surface area (Å²) in [5.74, 6) is -0.829. The first-order valence-corrected chi connectivity index (χ1v) is 7.75. The number of aromatic hydroxyl groups is 1. The van der Waals surface area contributed by atoms with Crippen LogP contribution in [0, 0.1) is 0 Å². The number of hydrogen-bond donors (Lipinski definition) is 2. The average molecular weight is 307 g/mol. The molecular weight excluding hydrogens is 278 g/mol. The molecule has 1 atom stereocenters. The monoisotopic (exact) mass is 307 g/mol. The molecule has 1 rings (SSSR count). The molecule has 0 aromatic heterocycles. The summed E-state index contributed by atoms with van der Waals surface area (Å²) in [4.78, 5) is 10.9. The quantitative estimate of drug-likeness (QED) is 0.877. The number of phenolic OH excluding ortho intramolecular Hbond substituents is 1. The molecule has 0 aliphatic heterocycles. The third-order valence-electron chi connectivity index (χ3n) is 3.93. The van der Waals surface area contributed by atoms with Crippen molar-refractivity contribution >= 4 is 5.97 Å². The zero-order valence-corrected chi connectivity index (χ0v) is 14.8. The number of rotatable bonds is 4. The summed E-state index contributed by atoms with van der Waals surface area (Å²) in [6.45, 7) is 14.6. The van der Waals surface area contributed by atoms with E-state index in [0.717, 1.165) is 16.7 Å². The van der Waals surface area contributed by atoms with Crippen LogP contribution in [-0.4, -0.2) is 17.1 Å². The van der Waals surface area contributed by atoms with Gasteiger partial charge in [-0.25, -0.2) is 0 Å². The fourth-order valence-electron chi connectivity index (χ4n) is 2.25. The van der Waals surface area contributed by atoms with Gasteiger partial charge in [0.15, 0.2) is 0 Å². The van der Waals surface area contributed by atoms with E-state index in [1.54, 1.807) is 12.2 Å². The van der Waals surface area contributed by atoms with Gasteiger partial charge in [0.1, 0.15) is 18.3 Å². The maximum atomic E-state index is 10.9. The zero-order chi connectivity index (χ0) is 17.3. The molecule has 0 amide bonds. The van der Waals surface area contributed by atoms with E-state index in [1.807, 2.05) is 6.07 Å². The zero-order valence-electron chi connectivity index (χ0n) is 14.8. The predicted molar refractivity (Wildman–Crippen MR) is 85.6 cm³/mol. The van der Waals surface area contributed by atoms with Crippen LogP contribution in [0.3, 0.4) is 0 Å². The van der Waals surface area contributed by atoms with Crippen molar-refractivity contribution in [2.75, 3.05) is 0 Å². The third kappa shape index (κ3) is 4.47. The van der Waals surface area contributed by atoms with Crippen LogP contribution < -0.4 is 10.4 Å². The number of phenols is 1. The summed E-state index contributed by atoms with van der Waals surface area (Å²) >= 11 is 0.